The minimum Gasteiger partial charge on any atom is -0.310 e. The van der Waals surface area contributed by atoms with Crippen LogP contribution in [-0.2, 0) is 22.7 Å². The van der Waals surface area contributed by atoms with Crippen LogP contribution in [0.1, 0.15) is 48.9 Å². The Hall–Kier alpha value is -0.870. The molecule has 1 unspecified atom stereocenters. The standard InChI is InChI=1S/C15H21NO2S/c1-2-7-16-14-6-8-19(17,18)15-10-12-5-3-4-11(12)9-13(14)15/h9-10,14,16H,2-8H2,1H3. The number of nitrogens with one attached hydrogen (secondary N) is 1. The van der Waals surface area contributed by atoms with E-state index in [1.165, 1.54) is 11.1 Å². The fourth-order valence-corrected chi connectivity index (χ4v) is 4.88. The Morgan fingerprint density at radius 1 is 1.26 bits per heavy atom. The molecule has 1 aliphatic heterocycles. The third-order valence-electron chi connectivity index (χ3n) is 4.25. The summed E-state index contributed by atoms with van der Waals surface area (Å²) in [4.78, 5) is 0.591. The summed E-state index contributed by atoms with van der Waals surface area (Å²) in [7, 11) is -3.06. The highest BCUT2D eigenvalue weighted by Gasteiger charge is 2.31. The van der Waals surface area contributed by atoms with Gasteiger partial charge in [-0.3, -0.25) is 0 Å². The molecule has 104 valence electrons. The van der Waals surface area contributed by atoms with E-state index in [4.69, 9.17) is 0 Å². The van der Waals surface area contributed by atoms with Crippen molar-refractivity contribution >= 4 is 9.84 Å². The quantitative estimate of drug-likeness (QED) is 0.924. The number of rotatable bonds is 3. The lowest BCUT2D eigenvalue weighted by Gasteiger charge is -2.27. The van der Waals surface area contributed by atoms with Crippen LogP contribution in [0.5, 0.6) is 0 Å². The normalized spacial score (nSPS) is 23.9. The van der Waals surface area contributed by atoms with Crippen molar-refractivity contribution < 1.29 is 8.42 Å². The van der Waals surface area contributed by atoms with E-state index in [1.54, 1.807) is 0 Å². The molecule has 0 aromatic heterocycles. The SMILES string of the molecule is CCCNC1CCS(=O)(=O)c2cc3c(cc21)CCC3. The van der Waals surface area contributed by atoms with Gasteiger partial charge in [0, 0.05) is 6.04 Å². The van der Waals surface area contributed by atoms with Crippen LogP contribution in [0.3, 0.4) is 0 Å². The van der Waals surface area contributed by atoms with Crippen molar-refractivity contribution in [1.82, 2.24) is 5.32 Å². The molecule has 3 rings (SSSR count). The molecule has 0 amide bonds. The first-order valence-electron chi connectivity index (χ1n) is 7.23. The fourth-order valence-electron chi connectivity index (χ4n) is 3.23. The molecule has 1 atom stereocenters. The maximum Gasteiger partial charge on any atom is 0.178 e. The summed E-state index contributed by atoms with van der Waals surface area (Å²) in [5, 5.41) is 3.49. The Morgan fingerprint density at radius 2 is 2.00 bits per heavy atom. The van der Waals surface area contributed by atoms with Gasteiger partial charge in [0.05, 0.1) is 10.6 Å². The van der Waals surface area contributed by atoms with E-state index in [1.807, 2.05) is 6.07 Å². The minimum absolute atomic E-state index is 0.212. The summed E-state index contributed by atoms with van der Waals surface area (Å²) in [6, 6.07) is 4.32. The maximum absolute atomic E-state index is 12.3. The number of aryl methyl sites for hydroxylation is 2. The Morgan fingerprint density at radius 3 is 2.74 bits per heavy atom. The van der Waals surface area contributed by atoms with Crippen molar-refractivity contribution in [2.45, 2.75) is 50.0 Å². The van der Waals surface area contributed by atoms with E-state index >= 15 is 0 Å². The molecule has 1 heterocycles. The molecule has 0 saturated carbocycles. The van der Waals surface area contributed by atoms with Crippen LogP contribution < -0.4 is 5.32 Å². The highest BCUT2D eigenvalue weighted by atomic mass is 32.2. The van der Waals surface area contributed by atoms with Crippen LogP contribution >= 0.6 is 0 Å². The van der Waals surface area contributed by atoms with Crippen molar-refractivity contribution in [2.24, 2.45) is 0 Å². The summed E-state index contributed by atoms with van der Waals surface area (Å²) in [6.07, 6.45) is 5.07. The number of fused-ring (bicyclic) bond motifs is 2. The van der Waals surface area contributed by atoms with Crippen molar-refractivity contribution in [3.63, 3.8) is 0 Å². The second kappa shape index (κ2) is 4.91. The lowest BCUT2D eigenvalue weighted by Crippen LogP contribution is -2.30. The first kappa shape index (κ1) is 13.1. The molecule has 1 aliphatic carbocycles. The van der Waals surface area contributed by atoms with E-state index < -0.39 is 9.84 Å². The molecule has 19 heavy (non-hydrogen) atoms. The molecule has 0 bridgehead atoms. The van der Waals surface area contributed by atoms with E-state index in [0.29, 0.717) is 11.3 Å². The number of sulfone groups is 1. The van der Waals surface area contributed by atoms with Gasteiger partial charge in [0.15, 0.2) is 9.84 Å². The monoisotopic (exact) mass is 279 g/mol. The van der Waals surface area contributed by atoms with E-state index in [-0.39, 0.29) is 11.8 Å². The summed E-state index contributed by atoms with van der Waals surface area (Å²) in [5.74, 6) is 0.278. The highest BCUT2D eigenvalue weighted by Crippen LogP contribution is 2.36. The summed E-state index contributed by atoms with van der Waals surface area (Å²) in [5.41, 5.74) is 3.62. The van der Waals surface area contributed by atoms with Crippen LogP contribution in [0.25, 0.3) is 0 Å². The van der Waals surface area contributed by atoms with Crippen LogP contribution in [0.4, 0.5) is 0 Å². The van der Waals surface area contributed by atoms with Crippen molar-refractivity contribution in [3.8, 4) is 0 Å². The summed E-state index contributed by atoms with van der Waals surface area (Å²) >= 11 is 0. The molecule has 1 aromatic carbocycles. The van der Waals surface area contributed by atoms with E-state index in [0.717, 1.165) is 37.8 Å². The summed E-state index contributed by atoms with van der Waals surface area (Å²) < 4.78 is 24.5. The Bertz CT molecular complexity index is 592. The fraction of sp³-hybridized carbons (Fsp3) is 0.600. The zero-order valence-corrected chi connectivity index (χ0v) is 12.2. The topological polar surface area (TPSA) is 46.2 Å². The molecule has 0 fully saturated rings. The predicted molar refractivity (Wildman–Crippen MR) is 76.2 cm³/mol. The molecule has 1 aromatic rings. The van der Waals surface area contributed by atoms with Crippen LogP contribution in [0.2, 0.25) is 0 Å². The second-order valence-electron chi connectivity index (χ2n) is 5.63. The first-order chi connectivity index (χ1) is 9.12. The minimum atomic E-state index is -3.06. The molecule has 2 aliphatic rings. The van der Waals surface area contributed by atoms with E-state index in [9.17, 15) is 8.42 Å². The maximum atomic E-state index is 12.3. The van der Waals surface area contributed by atoms with Gasteiger partial charge >= 0.3 is 0 Å². The molecular formula is C15H21NO2S. The molecule has 3 nitrogen and oxygen atoms in total. The van der Waals surface area contributed by atoms with Gasteiger partial charge in [0.1, 0.15) is 0 Å². The van der Waals surface area contributed by atoms with Gasteiger partial charge in [-0.05, 0) is 61.4 Å². The molecule has 1 N–H and O–H groups in total. The Kier molecular flexibility index (Phi) is 3.39. The number of benzene rings is 1. The molecule has 4 heteroatoms. The van der Waals surface area contributed by atoms with Gasteiger partial charge in [0.25, 0.3) is 0 Å². The van der Waals surface area contributed by atoms with Gasteiger partial charge in [-0.15, -0.1) is 0 Å². The molecule has 0 saturated heterocycles. The lowest BCUT2D eigenvalue weighted by atomic mass is 9.98. The number of hydrogen-bond donors (Lipinski definition) is 1. The largest absolute Gasteiger partial charge is 0.310 e. The van der Waals surface area contributed by atoms with Gasteiger partial charge < -0.3 is 5.32 Å². The van der Waals surface area contributed by atoms with Gasteiger partial charge in [-0.2, -0.15) is 0 Å². The van der Waals surface area contributed by atoms with Crippen molar-refractivity contribution in [1.29, 1.82) is 0 Å². The van der Waals surface area contributed by atoms with Gasteiger partial charge in [-0.25, -0.2) is 8.42 Å². The lowest BCUT2D eigenvalue weighted by molar-refractivity contribution is 0.491. The average molecular weight is 279 g/mol. The van der Waals surface area contributed by atoms with Crippen LogP contribution in [-0.4, -0.2) is 20.7 Å². The number of hydrogen-bond acceptors (Lipinski definition) is 3. The van der Waals surface area contributed by atoms with Crippen LogP contribution in [0, 0.1) is 0 Å². The third kappa shape index (κ3) is 2.32. The predicted octanol–water partition coefficient (Wildman–Crippen LogP) is 2.39. The van der Waals surface area contributed by atoms with Crippen molar-refractivity contribution in [3.05, 3.63) is 28.8 Å². The zero-order chi connectivity index (χ0) is 13.5. The van der Waals surface area contributed by atoms with Gasteiger partial charge in [0.2, 0.25) is 0 Å². The van der Waals surface area contributed by atoms with Crippen LogP contribution in [0.15, 0.2) is 17.0 Å². The zero-order valence-electron chi connectivity index (χ0n) is 11.4. The smallest absolute Gasteiger partial charge is 0.178 e. The first-order valence-corrected chi connectivity index (χ1v) is 8.89. The molecule has 0 radical (unpaired) electrons. The second-order valence-corrected chi connectivity index (χ2v) is 7.70. The third-order valence-corrected chi connectivity index (χ3v) is 6.05. The molecule has 0 spiro atoms. The Balaban J connectivity index is 2.06. The summed E-state index contributed by atoms with van der Waals surface area (Å²) in [6.45, 7) is 3.08. The van der Waals surface area contributed by atoms with Gasteiger partial charge in [-0.1, -0.05) is 13.0 Å². The average Bonchev–Trinajstić information content (AvgIpc) is 2.84. The van der Waals surface area contributed by atoms with Crippen molar-refractivity contribution in [2.75, 3.05) is 12.3 Å². The highest BCUT2D eigenvalue weighted by molar-refractivity contribution is 7.91. The molecular weight excluding hydrogens is 258 g/mol. The Labute approximate surface area is 115 Å². The van der Waals surface area contributed by atoms with E-state index in [2.05, 4.69) is 18.3 Å².